The van der Waals surface area contributed by atoms with Crippen molar-refractivity contribution in [1.29, 1.82) is 0 Å². The summed E-state index contributed by atoms with van der Waals surface area (Å²) in [6.45, 7) is 0.481. The molecule has 0 aromatic heterocycles. The van der Waals surface area contributed by atoms with Crippen molar-refractivity contribution in [1.82, 2.24) is 5.43 Å². The van der Waals surface area contributed by atoms with Crippen molar-refractivity contribution < 1.29 is 19.0 Å². The summed E-state index contributed by atoms with van der Waals surface area (Å²) in [5.41, 5.74) is 4.87. The predicted molar refractivity (Wildman–Crippen MR) is 129 cm³/mol. The van der Waals surface area contributed by atoms with Crippen molar-refractivity contribution in [2.75, 3.05) is 14.2 Å². The first-order valence-corrected chi connectivity index (χ1v) is 10.4. The van der Waals surface area contributed by atoms with Crippen molar-refractivity contribution in [3.8, 4) is 17.2 Å². The third-order valence-corrected chi connectivity index (χ3v) is 5.15. The maximum atomic E-state index is 12.4. The van der Waals surface area contributed by atoms with E-state index in [0.29, 0.717) is 23.7 Å². The van der Waals surface area contributed by atoms with E-state index in [0.717, 1.165) is 16.9 Å². The molecule has 166 valence electrons. The Morgan fingerprint density at radius 1 is 0.848 bits per heavy atom. The van der Waals surface area contributed by atoms with Gasteiger partial charge in [0.2, 0.25) is 0 Å². The van der Waals surface area contributed by atoms with Gasteiger partial charge in [0.15, 0.2) is 0 Å². The molecule has 0 saturated heterocycles. The van der Waals surface area contributed by atoms with E-state index in [-0.39, 0.29) is 5.91 Å². The van der Waals surface area contributed by atoms with Crippen LogP contribution in [0.1, 0.15) is 21.5 Å². The highest BCUT2D eigenvalue weighted by atomic mass is 16.5. The number of carbonyl (C=O) groups excluding carboxylic acids is 1. The highest BCUT2D eigenvalue weighted by Gasteiger charge is 2.09. The second kappa shape index (κ2) is 10.3. The van der Waals surface area contributed by atoms with Gasteiger partial charge in [-0.05, 0) is 58.3 Å². The van der Waals surface area contributed by atoms with Gasteiger partial charge in [-0.15, -0.1) is 0 Å². The third kappa shape index (κ3) is 5.49. The Labute approximate surface area is 192 Å². The Kier molecular flexibility index (Phi) is 6.85. The first kappa shape index (κ1) is 21.9. The summed E-state index contributed by atoms with van der Waals surface area (Å²) in [6.07, 6.45) is 1.57. The molecule has 4 aromatic carbocycles. The zero-order chi connectivity index (χ0) is 23.0. The average molecular weight is 440 g/mol. The van der Waals surface area contributed by atoms with E-state index >= 15 is 0 Å². The molecular formula is C27H24N2O4. The van der Waals surface area contributed by atoms with Crippen LogP contribution in [-0.2, 0) is 6.61 Å². The molecule has 0 heterocycles. The molecule has 6 nitrogen and oxygen atoms in total. The molecule has 0 aliphatic carbocycles. The van der Waals surface area contributed by atoms with Gasteiger partial charge in [-0.3, -0.25) is 4.79 Å². The van der Waals surface area contributed by atoms with Crippen molar-refractivity contribution >= 4 is 22.9 Å². The van der Waals surface area contributed by atoms with Gasteiger partial charge in [0.05, 0.1) is 20.4 Å². The minimum Gasteiger partial charge on any atom is -0.497 e. The molecule has 0 bridgehead atoms. The lowest BCUT2D eigenvalue weighted by Gasteiger charge is -2.09. The number of amides is 1. The number of rotatable bonds is 8. The summed E-state index contributed by atoms with van der Waals surface area (Å²) in [5.74, 6) is 1.45. The SMILES string of the molecule is COc1cc(OC)cc(C(=O)N/N=C\c2ccc(OCc3cccc4ccccc34)cc2)c1. The molecule has 0 aliphatic rings. The number of nitrogens with zero attached hydrogens (tertiary/aromatic N) is 1. The number of ether oxygens (including phenoxy) is 3. The minimum atomic E-state index is -0.363. The first-order chi connectivity index (χ1) is 16.2. The van der Waals surface area contributed by atoms with Gasteiger partial charge in [0.25, 0.3) is 5.91 Å². The van der Waals surface area contributed by atoms with Crippen LogP contribution in [-0.4, -0.2) is 26.3 Å². The molecule has 4 rings (SSSR count). The van der Waals surface area contributed by atoms with Crippen LogP contribution < -0.4 is 19.6 Å². The molecule has 6 heteroatoms. The smallest absolute Gasteiger partial charge is 0.271 e. The van der Waals surface area contributed by atoms with E-state index < -0.39 is 0 Å². The lowest BCUT2D eigenvalue weighted by molar-refractivity contribution is 0.0954. The molecule has 1 amide bonds. The number of hydrogen-bond donors (Lipinski definition) is 1. The Morgan fingerprint density at radius 3 is 2.27 bits per heavy atom. The number of fused-ring (bicyclic) bond motifs is 1. The first-order valence-electron chi connectivity index (χ1n) is 10.4. The zero-order valence-electron chi connectivity index (χ0n) is 18.4. The van der Waals surface area contributed by atoms with Crippen molar-refractivity contribution in [2.24, 2.45) is 5.10 Å². The van der Waals surface area contributed by atoms with E-state index in [1.54, 1.807) is 24.4 Å². The summed E-state index contributed by atoms with van der Waals surface area (Å²) in [5, 5.41) is 6.42. The molecular weight excluding hydrogens is 416 g/mol. The molecule has 1 N–H and O–H groups in total. The van der Waals surface area contributed by atoms with Crippen LogP contribution in [0.25, 0.3) is 10.8 Å². The normalized spacial score (nSPS) is 10.8. The third-order valence-electron chi connectivity index (χ3n) is 5.15. The number of methoxy groups -OCH3 is 2. The van der Waals surface area contributed by atoms with Crippen LogP contribution in [0.3, 0.4) is 0 Å². The quantitative estimate of drug-likeness (QED) is 0.302. The lowest BCUT2D eigenvalue weighted by atomic mass is 10.1. The summed E-state index contributed by atoms with van der Waals surface area (Å²) in [6, 6.07) is 26.9. The van der Waals surface area contributed by atoms with Gasteiger partial charge in [-0.25, -0.2) is 5.43 Å². The Bertz CT molecular complexity index is 1260. The summed E-state index contributed by atoms with van der Waals surface area (Å²) in [7, 11) is 3.06. The average Bonchev–Trinajstić information content (AvgIpc) is 2.87. The molecule has 0 atom stereocenters. The van der Waals surface area contributed by atoms with Gasteiger partial charge < -0.3 is 14.2 Å². The number of hydrazone groups is 1. The Morgan fingerprint density at radius 2 is 1.55 bits per heavy atom. The molecule has 0 radical (unpaired) electrons. The molecule has 0 spiro atoms. The predicted octanol–water partition coefficient (Wildman–Crippen LogP) is 5.20. The van der Waals surface area contributed by atoms with Crippen LogP contribution in [0.5, 0.6) is 17.2 Å². The molecule has 0 fully saturated rings. The largest absolute Gasteiger partial charge is 0.497 e. The van der Waals surface area contributed by atoms with Crippen LogP contribution in [0.2, 0.25) is 0 Å². The lowest BCUT2D eigenvalue weighted by Crippen LogP contribution is -2.17. The topological polar surface area (TPSA) is 69.2 Å². The molecule has 0 unspecified atom stereocenters. The van der Waals surface area contributed by atoms with E-state index in [1.165, 1.54) is 25.0 Å². The second-order valence-corrected chi connectivity index (χ2v) is 7.30. The summed E-state index contributed by atoms with van der Waals surface area (Å²) < 4.78 is 16.3. The van der Waals surface area contributed by atoms with Gasteiger partial charge >= 0.3 is 0 Å². The molecule has 0 aliphatic heterocycles. The number of hydrogen-bond acceptors (Lipinski definition) is 5. The van der Waals surface area contributed by atoms with Gasteiger partial charge in [-0.2, -0.15) is 5.10 Å². The second-order valence-electron chi connectivity index (χ2n) is 7.30. The van der Waals surface area contributed by atoms with E-state index in [9.17, 15) is 4.79 Å². The molecule has 4 aromatic rings. The monoisotopic (exact) mass is 440 g/mol. The number of benzene rings is 4. The molecule has 33 heavy (non-hydrogen) atoms. The standard InChI is InChI=1S/C27H24N2O4/c1-31-24-14-22(15-25(16-24)32-2)27(30)29-28-17-19-10-12-23(13-11-19)33-18-21-8-5-7-20-6-3-4-9-26(20)21/h3-17H,18H2,1-2H3,(H,29,30)/b28-17-. The fourth-order valence-electron chi connectivity index (χ4n) is 3.40. The maximum absolute atomic E-state index is 12.4. The number of carbonyl (C=O) groups is 1. The fourth-order valence-corrected chi connectivity index (χ4v) is 3.40. The minimum absolute atomic E-state index is 0.363. The highest BCUT2D eigenvalue weighted by molar-refractivity contribution is 5.95. The van der Waals surface area contributed by atoms with Crippen molar-refractivity contribution in [2.45, 2.75) is 6.61 Å². The van der Waals surface area contributed by atoms with E-state index in [4.69, 9.17) is 14.2 Å². The van der Waals surface area contributed by atoms with E-state index in [1.807, 2.05) is 42.5 Å². The van der Waals surface area contributed by atoms with Gasteiger partial charge in [-0.1, -0.05) is 42.5 Å². The van der Waals surface area contributed by atoms with Crippen molar-refractivity contribution in [3.05, 3.63) is 102 Å². The van der Waals surface area contributed by atoms with E-state index in [2.05, 4.69) is 34.8 Å². The number of nitrogens with one attached hydrogen (secondary N) is 1. The Balaban J connectivity index is 1.35. The maximum Gasteiger partial charge on any atom is 0.271 e. The van der Waals surface area contributed by atoms with Crippen LogP contribution in [0, 0.1) is 0 Å². The summed E-state index contributed by atoms with van der Waals surface area (Å²) >= 11 is 0. The van der Waals surface area contributed by atoms with Crippen LogP contribution in [0.15, 0.2) is 90.0 Å². The fraction of sp³-hybridized carbons (Fsp3) is 0.111. The highest BCUT2D eigenvalue weighted by Crippen LogP contribution is 2.23. The van der Waals surface area contributed by atoms with Crippen LogP contribution in [0.4, 0.5) is 0 Å². The summed E-state index contributed by atoms with van der Waals surface area (Å²) in [4.78, 5) is 12.4. The Hall–Kier alpha value is -4.32. The van der Waals surface area contributed by atoms with Gasteiger partial charge in [0, 0.05) is 11.6 Å². The van der Waals surface area contributed by atoms with Crippen LogP contribution >= 0.6 is 0 Å². The van der Waals surface area contributed by atoms with Crippen molar-refractivity contribution in [3.63, 3.8) is 0 Å². The van der Waals surface area contributed by atoms with Gasteiger partial charge in [0.1, 0.15) is 23.9 Å². The zero-order valence-corrected chi connectivity index (χ0v) is 18.4. The molecule has 0 saturated carbocycles.